The number of halogens is 1. The number of nitrogens with zero attached hydrogens (tertiary/aromatic N) is 3. The fourth-order valence-electron chi connectivity index (χ4n) is 5.43. The number of carboxylic acids is 1. The number of nitrogens with one attached hydrogen (secondary N) is 1. The van der Waals surface area contributed by atoms with Crippen molar-refractivity contribution in [3.05, 3.63) is 59.7 Å². The van der Waals surface area contributed by atoms with Crippen LogP contribution >= 0.6 is 0 Å². The lowest BCUT2D eigenvalue weighted by atomic mass is 9.79. The normalized spacial score (nSPS) is 20.7. The number of aromatic amines is 1. The van der Waals surface area contributed by atoms with Crippen molar-refractivity contribution < 1.29 is 19.4 Å². The van der Waals surface area contributed by atoms with E-state index < -0.39 is 17.0 Å². The van der Waals surface area contributed by atoms with Crippen molar-refractivity contribution in [2.45, 2.75) is 56.5 Å². The minimum absolute atomic E-state index is 0.0848. The van der Waals surface area contributed by atoms with Gasteiger partial charge >= 0.3 is 5.97 Å². The van der Waals surface area contributed by atoms with Crippen molar-refractivity contribution in [2.24, 2.45) is 0 Å². The Bertz CT molecular complexity index is 1460. The molecular weight excluding hydrogens is 435 g/mol. The topological polar surface area (TPSA) is 115 Å². The van der Waals surface area contributed by atoms with Crippen molar-refractivity contribution in [1.82, 2.24) is 14.8 Å². The number of aliphatic hydroxyl groups is 1. The van der Waals surface area contributed by atoms with Gasteiger partial charge in [-0.1, -0.05) is 13.8 Å². The Morgan fingerprint density at radius 2 is 2.09 bits per heavy atom. The Hall–Kier alpha value is -3.70. The predicted octanol–water partition coefficient (Wildman–Crippen LogP) is 4.92. The molecule has 8 heteroatoms. The molecule has 34 heavy (non-hydrogen) atoms. The molecule has 0 bridgehead atoms. The molecule has 0 unspecified atom stereocenters. The maximum atomic E-state index is 13.8. The lowest BCUT2D eigenvalue weighted by Gasteiger charge is -2.28. The van der Waals surface area contributed by atoms with Crippen LogP contribution in [-0.2, 0) is 10.2 Å². The largest absolute Gasteiger partial charge is 0.479 e. The van der Waals surface area contributed by atoms with Crippen LogP contribution in [0.3, 0.4) is 0 Å². The molecule has 0 saturated heterocycles. The van der Waals surface area contributed by atoms with E-state index in [1.165, 1.54) is 12.1 Å². The molecule has 2 atom stereocenters. The summed E-state index contributed by atoms with van der Waals surface area (Å²) < 4.78 is 15.8. The van der Waals surface area contributed by atoms with Gasteiger partial charge in [0, 0.05) is 34.0 Å². The summed E-state index contributed by atoms with van der Waals surface area (Å²) in [5, 5.41) is 39.0. The molecule has 0 aliphatic heterocycles. The molecular formula is C26H25FN4O3. The first-order valence-corrected chi connectivity index (χ1v) is 11.3. The number of hydrogen-bond acceptors (Lipinski definition) is 4. The molecule has 7 nitrogen and oxygen atoms in total. The SMILES string of the molecule is CC(C)(CC#N)c1c([C@@H]2CC[C@@](O)(C(=O)O)C2)c2cc3[nH]ncc3cc2n1-c1ccc(F)cc1. The summed E-state index contributed by atoms with van der Waals surface area (Å²) in [6, 6.07) is 12.5. The van der Waals surface area contributed by atoms with E-state index in [4.69, 9.17) is 0 Å². The molecule has 1 saturated carbocycles. The number of aromatic nitrogens is 3. The Labute approximate surface area is 195 Å². The highest BCUT2D eigenvalue weighted by molar-refractivity contribution is 5.99. The molecule has 1 fully saturated rings. The van der Waals surface area contributed by atoms with Gasteiger partial charge in [0.1, 0.15) is 5.82 Å². The Morgan fingerprint density at radius 3 is 2.74 bits per heavy atom. The van der Waals surface area contributed by atoms with Crippen LogP contribution in [0.2, 0.25) is 0 Å². The lowest BCUT2D eigenvalue weighted by Crippen LogP contribution is -2.35. The van der Waals surface area contributed by atoms with Gasteiger partial charge in [0.05, 0.1) is 23.3 Å². The van der Waals surface area contributed by atoms with Crippen molar-refractivity contribution in [2.75, 3.05) is 0 Å². The predicted molar refractivity (Wildman–Crippen MR) is 125 cm³/mol. The summed E-state index contributed by atoms with van der Waals surface area (Å²) in [6.45, 7) is 3.97. The van der Waals surface area contributed by atoms with E-state index in [1.807, 2.05) is 30.5 Å². The van der Waals surface area contributed by atoms with Crippen molar-refractivity contribution in [3.8, 4) is 11.8 Å². The van der Waals surface area contributed by atoms with Crippen LogP contribution in [0.5, 0.6) is 0 Å². The fraction of sp³-hybridized carbons (Fsp3) is 0.346. The molecule has 4 aromatic rings. The highest BCUT2D eigenvalue weighted by Crippen LogP contribution is 2.49. The fourth-order valence-corrected chi connectivity index (χ4v) is 5.43. The number of carbonyl (C=O) groups is 1. The second-order valence-corrected chi connectivity index (χ2v) is 9.90. The third-order valence-electron chi connectivity index (χ3n) is 7.11. The van der Waals surface area contributed by atoms with Crippen LogP contribution in [0, 0.1) is 17.1 Å². The summed E-state index contributed by atoms with van der Waals surface area (Å²) >= 11 is 0. The van der Waals surface area contributed by atoms with E-state index in [2.05, 4.69) is 16.3 Å². The van der Waals surface area contributed by atoms with Crippen LogP contribution in [-0.4, -0.2) is 36.5 Å². The number of hydrogen-bond donors (Lipinski definition) is 3. The van der Waals surface area contributed by atoms with Crippen LogP contribution in [0.25, 0.3) is 27.5 Å². The summed E-state index contributed by atoms with van der Waals surface area (Å²) in [5.74, 6) is -1.79. The number of fused-ring (bicyclic) bond motifs is 2. The van der Waals surface area contributed by atoms with E-state index in [-0.39, 0.29) is 31.0 Å². The van der Waals surface area contributed by atoms with Gasteiger partial charge < -0.3 is 14.8 Å². The summed E-state index contributed by atoms with van der Waals surface area (Å²) in [7, 11) is 0. The second kappa shape index (κ2) is 7.67. The van der Waals surface area contributed by atoms with Crippen molar-refractivity contribution in [1.29, 1.82) is 5.26 Å². The summed E-state index contributed by atoms with van der Waals surface area (Å²) in [6.07, 6.45) is 2.70. The van der Waals surface area contributed by atoms with Gasteiger partial charge in [-0.2, -0.15) is 10.4 Å². The molecule has 5 rings (SSSR count). The minimum Gasteiger partial charge on any atom is -0.479 e. The summed E-state index contributed by atoms with van der Waals surface area (Å²) in [4.78, 5) is 11.8. The maximum Gasteiger partial charge on any atom is 0.335 e. The third kappa shape index (κ3) is 3.35. The van der Waals surface area contributed by atoms with Crippen LogP contribution < -0.4 is 0 Å². The lowest BCUT2D eigenvalue weighted by molar-refractivity contribution is -0.157. The molecule has 2 aromatic carbocycles. The van der Waals surface area contributed by atoms with Crippen LogP contribution in [0.15, 0.2) is 42.6 Å². The Kier molecular flexibility index (Phi) is 4.99. The molecule has 0 radical (unpaired) electrons. The maximum absolute atomic E-state index is 13.8. The molecule has 2 heterocycles. The molecule has 2 aromatic heterocycles. The highest BCUT2D eigenvalue weighted by atomic mass is 19.1. The van der Waals surface area contributed by atoms with Gasteiger partial charge in [-0.3, -0.25) is 5.10 Å². The molecule has 0 amide bonds. The number of aliphatic carboxylic acids is 1. The smallest absolute Gasteiger partial charge is 0.335 e. The molecule has 0 spiro atoms. The Morgan fingerprint density at radius 1 is 1.35 bits per heavy atom. The number of carboxylic acid groups (broad SMARTS) is 1. The second-order valence-electron chi connectivity index (χ2n) is 9.90. The van der Waals surface area contributed by atoms with Crippen molar-refractivity contribution in [3.63, 3.8) is 0 Å². The first-order chi connectivity index (χ1) is 16.1. The van der Waals surface area contributed by atoms with Gasteiger partial charge in [0.2, 0.25) is 0 Å². The molecule has 3 N–H and O–H groups in total. The zero-order chi connectivity index (χ0) is 24.3. The first kappa shape index (κ1) is 22.1. The minimum atomic E-state index is -1.79. The number of nitriles is 1. The average Bonchev–Trinajstić information content (AvgIpc) is 3.48. The summed E-state index contributed by atoms with van der Waals surface area (Å²) in [5.41, 5.74) is 1.84. The monoisotopic (exact) mass is 460 g/mol. The zero-order valence-corrected chi connectivity index (χ0v) is 19.0. The van der Waals surface area contributed by atoms with E-state index in [9.17, 15) is 24.7 Å². The number of rotatable bonds is 5. The quantitative estimate of drug-likeness (QED) is 0.391. The van der Waals surface area contributed by atoms with Gasteiger partial charge in [-0.15, -0.1) is 0 Å². The first-order valence-electron chi connectivity index (χ1n) is 11.3. The molecule has 1 aliphatic rings. The number of benzene rings is 2. The average molecular weight is 461 g/mol. The van der Waals surface area contributed by atoms with Gasteiger partial charge in [0.25, 0.3) is 0 Å². The van der Waals surface area contributed by atoms with Gasteiger partial charge in [0.15, 0.2) is 5.60 Å². The van der Waals surface area contributed by atoms with E-state index >= 15 is 0 Å². The molecule has 1 aliphatic carbocycles. The standard InChI is InChI=1S/C26H25FN4O3/c1-25(2,9-10-28)23-22(15-7-8-26(34,13-15)24(32)33)19-12-20-16(14-29-30-20)11-21(19)31(23)18-5-3-17(27)4-6-18/h3-6,11-12,14-15,34H,7-9,13H2,1-2H3,(H,29,30)(H,32,33)/t15-,26+/m1/s1. The van der Waals surface area contributed by atoms with Crippen molar-refractivity contribution >= 4 is 27.8 Å². The van der Waals surface area contributed by atoms with Crippen LogP contribution in [0.4, 0.5) is 4.39 Å². The van der Waals surface area contributed by atoms with E-state index in [0.29, 0.717) is 6.42 Å². The van der Waals surface area contributed by atoms with Gasteiger partial charge in [-0.05, 0) is 67.1 Å². The highest BCUT2D eigenvalue weighted by Gasteiger charge is 2.46. The molecule has 174 valence electrons. The zero-order valence-electron chi connectivity index (χ0n) is 19.0. The van der Waals surface area contributed by atoms with E-state index in [0.717, 1.165) is 38.8 Å². The number of H-pyrrole nitrogens is 1. The third-order valence-corrected chi connectivity index (χ3v) is 7.11. The van der Waals surface area contributed by atoms with E-state index in [1.54, 1.807) is 18.3 Å². The van der Waals surface area contributed by atoms with Crippen LogP contribution in [0.1, 0.15) is 56.7 Å². The Balaban J connectivity index is 1.88. The van der Waals surface area contributed by atoms with Gasteiger partial charge in [-0.25, -0.2) is 9.18 Å².